The molecule has 7 nitrogen and oxygen atoms in total. The minimum atomic E-state index is -0.519. The molecule has 0 spiro atoms. The van der Waals surface area contributed by atoms with Crippen LogP contribution in [0.15, 0.2) is 24.3 Å². The van der Waals surface area contributed by atoms with Crippen molar-refractivity contribution in [1.29, 1.82) is 0 Å². The van der Waals surface area contributed by atoms with Gasteiger partial charge >= 0.3 is 5.97 Å². The van der Waals surface area contributed by atoms with Gasteiger partial charge in [-0.3, -0.25) is 24.1 Å². The van der Waals surface area contributed by atoms with E-state index in [2.05, 4.69) is 0 Å². The van der Waals surface area contributed by atoms with Gasteiger partial charge in [0.1, 0.15) is 6.61 Å². The van der Waals surface area contributed by atoms with Gasteiger partial charge in [-0.15, -0.1) is 0 Å². The number of imide groups is 1. The van der Waals surface area contributed by atoms with Crippen LogP contribution in [0.4, 0.5) is 0 Å². The highest BCUT2D eigenvalue weighted by Crippen LogP contribution is 2.37. The van der Waals surface area contributed by atoms with Crippen molar-refractivity contribution in [2.24, 2.45) is 17.6 Å². The summed E-state index contributed by atoms with van der Waals surface area (Å²) in [5, 5.41) is 0. The lowest BCUT2D eigenvalue weighted by atomic mass is 9.81. The first-order chi connectivity index (χ1) is 12.5. The summed E-state index contributed by atoms with van der Waals surface area (Å²) in [6, 6.07) is 6.45. The molecule has 26 heavy (non-hydrogen) atoms. The first kappa shape index (κ1) is 18.1. The highest BCUT2D eigenvalue weighted by molar-refractivity contribution is 6.05. The molecule has 2 fully saturated rings. The highest BCUT2D eigenvalue weighted by Gasteiger charge is 2.47. The normalized spacial score (nSPS) is 22.2. The summed E-state index contributed by atoms with van der Waals surface area (Å²) in [5.41, 5.74) is 6.27. The molecular formula is C19H22N2O5. The molecule has 1 aromatic carbocycles. The Morgan fingerprint density at radius 2 is 1.62 bits per heavy atom. The van der Waals surface area contributed by atoms with E-state index >= 15 is 0 Å². The minimum Gasteiger partial charge on any atom is -0.461 e. The van der Waals surface area contributed by atoms with Gasteiger partial charge in [-0.05, 0) is 30.5 Å². The summed E-state index contributed by atoms with van der Waals surface area (Å²) in [7, 11) is 0. The van der Waals surface area contributed by atoms with Crippen LogP contribution in [0.1, 0.15) is 48.0 Å². The van der Waals surface area contributed by atoms with Gasteiger partial charge < -0.3 is 10.5 Å². The fourth-order valence-electron chi connectivity index (χ4n) is 3.66. The summed E-state index contributed by atoms with van der Waals surface area (Å²) < 4.78 is 5.17. The standard InChI is InChI=1S/C19H22N2O5/c20-17(23)13-7-5-12(6-8-13)11-26-16(22)9-10-21-18(24)14-3-1-2-4-15(14)19(21)25/h5-8,14-15H,1-4,9-11H2,(H2,20,23)/t14-,15-/m0/s1. The molecule has 0 aromatic heterocycles. The zero-order valence-electron chi connectivity index (χ0n) is 14.5. The quantitative estimate of drug-likeness (QED) is 0.611. The number of rotatable bonds is 6. The van der Waals surface area contributed by atoms with Crippen LogP contribution in [-0.2, 0) is 25.7 Å². The van der Waals surface area contributed by atoms with Gasteiger partial charge in [-0.1, -0.05) is 25.0 Å². The molecule has 7 heteroatoms. The molecule has 1 heterocycles. The Morgan fingerprint density at radius 1 is 1.04 bits per heavy atom. The van der Waals surface area contributed by atoms with Gasteiger partial charge in [0.2, 0.25) is 17.7 Å². The fraction of sp³-hybridized carbons (Fsp3) is 0.474. The Hall–Kier alpha value is -2.70. The number of hydrogen-bond acceptors (Lipinski definition) is 5. The molecule has 2 N–H and O–H groups in total. The number of primary amides is 1. The number of nitrogens with zero attached hydrogens (tertiary/aromatic N) is 1. The van der Waals surface area contributed by atoms with Gasteiger partial charge in [0.05, 0.1) is 18.3 Å². The number of benzene rings is 1. The SMILES string of the molecule is NC(=O)c1ccc(COC(=O)CCN2C(=O)[C@H]3CCCC[C@@H]3C2=O)cc1. The smallest absolute Gasteiger partial charge is 0.307 e. The van der Waals surface area contributed by atoms with E-state index < -0.39 is 11.9 Å². The average Bonchev–Trinajstić information content (AvgIpc) is 2.89. The topological polar surface area (TPSA) is 107 Å². The van der Waals surface area contributed by atoms with Crippen LogP contribution >= 0.6 is 0 Å². The second kappa shape index (κ2) is 7.68. The predicted molar refractivity (Wildman–Crippen MR) is 91.5 cm³/mol. The summed E-state index contributed by atoms with van der Waals surface area (Å²) in [5.74, 6) is -1.68. The molecule has 138 valence electrons. The minimum absolute atomic E-state index is 0.0176. The van der Waals surface area contributed by atoms with Crippen LogP contribution in [0, 0.1) is 11.8 Å². The Kier molecular flexibility index (Phi) is 5.35. The van der Waals surface area contributed by atoms with E-state index in [1.54, 1.807) is 24.3 Å². The first-order valence-corrected chi connectivity index (χ1v) is 8.87. The molecule has 1 saturated carbocycles. The highest BCUT2D eigenvalue weighted by atomic mass is 16.5. The molecule has 0 bridgehead atoms. The predicted octanol–water partition coefficient (Wildman–Crippen LogP) is 1.39. The molecule has 1 aliphatic heterocycles. The van der Waals surface area contributed by atoms with Gasteiger partial charge in [0.25, 0.3) is 0 Å². The van der Waals surface area contributed by atoms with Crippen LogP contribution in [0.5, 0.6) is 0 Å². The molecule has 2 atom stereocenters. The maximum absolute atomic E-state index is 12.3. The number of carbonyl (C=O) groups excluding carboxylic acids is 4. The van der Waals surface area contributed by atoms with E-state index in [1.807, 2.05) is 0 Å². The third-order valence-electron chi connectivity index (χ3n) is 5.11. The summed E-state index contributed by atoms with van der Waals surface area (Å²) in [4.78, 5) is 48.9. The number of esters is 1. The van der Waals surface area contributed by atoms with Crippen molar-refractivity contribution in [1.82, 2.24) is 4.90 Å². The summed E-state index contributed by atoms with van der Waals surface area (Å²) in [6.45, 7) is 0.134. The lowest BCUT2D eigenvalue weighted by molar-refractivity contribution is -0.146. The van der Waals surface area contributed by atoms with Crippen LogP contribution in [-0.4, -0.2) is 35.1 Å². The van der Waals surface area contributed by atoms with Gasteiger partial charge in [-0.25, -0.2) is 0 Å². The third kappa shape index (κ3) is 3.76. The second-order valence-electron chi connectivity index (χ2n) is 6.80. The molecular weight excluding hydrogens is 336 g/mol. The van der Waals surface area contributed by atoms with E-state index in [-0.39, 0.29) is 43.2 Å². The Bertz CT molecular complexity index is 704. The van der Waals surface area contributed by atoms with Gasteiger partial charge in [0, 0.05) is 12.1 Å². The molecule has 2 aliphatic rings. The fourth-order valence-corrected chi connectivity index (χ4v) is 3.66. The van der Waals surface area contributed by atoms with Gasteiger partial charge in [0.15, 0.2) is 0 Å². The number of amides is 3. The molecule has 0 unspecified atom stereocenters. The Morgan fingerprint density at radius 3 is 2.15 bits per heavy atom. The first-order valence-electron chi connectivity index (χ1n) is 8.87. The van der Waals surface area contributed by atoms with E-state index in [9.17, 15) is 19.2 Å². The van der Waals surface area contributed by atoms with Crippen LogP contribution < -0.4 is 5.73 Å². The number of ether oxygens (including phenoxy) is 1. The molecule has 1 saturated heterocycles. The van der Waals surface area contributed by atoms with E-state index in [4.69, 9.17) is 10.5 Å². The van der Waals surface area contributed by atoms with Crippen molar-refractivity contribution >= 4 is 23.7 Å². The van der Waals surface area contributed by atoms with Crippen LogP contribution in [0.2, 0.25) is 0 Å². The number of likely N-dealkylation sites (tertiary alicyclic amines) is 1. The van der Waals surface area contributed by atoms with Crippen LogP contribution in [0.3, 0.4) is 0 Å². The van der Waals surface area contributed by atoms with Crippen LogP contribution in [0.25, 0.3) is 0 Å². The number of fused-ring (bicyclic) bond motifs is 1. The Labute approximate surface area is 151 Å². The van der Waals surface area contributed by atoms with Crippen molar-refractivity contribution in [3.8, 4) is 0 Å². The van der Waals surface area contributed by atoms with Gasteiger partial charge in [-0.2, -0.15) is 0 Å². The molecule has 1 aromatic rings. The maximum Gasteiger partial charge on any atom is 0.307 e. The zero-order valence-corrected chi connectivity index (χ0v) is 14.5. The Balaban J connectivity index is 1.47. The molecule has 3 amide bonds. The van der Waals surface area contributed by atoms with Crippen molar-refractivity contribution in [3.63, 3.8) is 0 Å². The van der Waals surface area contributed by atoms with E-state index in [0.717, 1.165) is 31.2 Å². The average molecular weight is 358 g/mol. The van der Waals surface area contributed by atoms with Crippen molar-refractivity contribution in [2.45, 2.75) is 38.7 Å². The number of carbonyl (C=O) groups is 4. The van der Waals surface area contributed by atoms with E-state index in [1.165, 1.54) is 4.90 Å². The largest absolute Gasteiger partial charge is 0.461 e. The third-order valence-corrected chi connectivity index (χ3v) is 5.11. The van der Waals surface area contributed by atoms with E-state index in [0.29, 0.717) is 5.56 Å². The maximum atomic E-state index is 12.3. The molecule has 0 radical (unpaired) electrons. The van der Waals surface area contributed by atoms with Crippen molar-refractivity contribution in [2.75, 3.05) is 6.54 Å². The second-order valence-corrected chi connectivity index (χ2v) is 6.80. The summed E-state index contributed by atoms with van der Waals surface area (Å²) >= 11 is 0. The number of hydrogen-bond donors (Lipinski definition) is 1. The van der Waals surface area contributed by atoms with Crippen molar-refractivity contribution < 1.29 is 23.9 Å². The lowest BCUT2D eigenvalue weighted by Crippen LogP contribution is -2.33. The van der Waals surface area contributed by atoms with Crippen molar-refractivity contribution in [3.05, 3.63) is 35.4 Å². The monoisotopic (exact) mass is 358 g/mol. The summed E-state index contributed by atoms with van der Waals surface area (Å²) in [6.07, 6.45) is 3.46. The molecule has 1 aliphatic carbocycles. The lowest BCUT2D eigenvalue weighted by Gasteiger charge is -2.19. The molecule has 3 rings (SSSR count). The number of nitrogens with two attached hydrogens (primary N) is 1. The zero-order chi connectivity index (χ0) is 18.7.